The van der Waals surface area contributed by atoms with Crippen LogP contribution in [0.3, 0.4) is 0 Å². The molecule has 0 aliphatic carbocycles. The molecule has 0 spiro atoms. The molecule has 1 aromatic heterocycles. The second-order valence-electron chi connectivity index (χ2n) is 3.67. The van der Waals surface area contributed by atoms with Gasteiger partial charge in [-0.25, -0.2) is 0 Å². The van der Waals surface area contributed by atoms with Crippen molar-refractivity contribution in [1.82, 2.24) is 4.98 Å². The molecule has 1 N–H and O–H groups in total. The van der Waals surface area contributed by atoms with Crippen LogP contribution in [0.4, 0.5) is 0 Å². The fourth-order valence-electron chi connectivity index (χ4n) is 1.00. The highest BCUT2D eigenvalue weighted by atomic mass is 16.5. The maximum atomic E-state index is 8.77. The molecule has 0 radical (unpaired) electrons. The van der Waals surface area contributed by atoms with Crippen molar-refractivity contribution in [1.29, 1.82) is 0 Å². The summed E-state index contributed by atoms with van der Waals surface area (Å²) in [6, 6.07) is 3.60. The van der Waals surface area contributed by atoms with E-state index in [1.54, 1.807) is 12.3 Å². The number of aliphatic hydroxyl groups excluding tert-OH is 1. The smallest absolute Gasteiger partial charge is 0.137 e. The summed E-state index contributed by atoms with van der Waals surface area (Å²) >= 11 is 0. The second kappa shape index (κ2) is 5.60. The van der Waals surface area contributed by atoms with Crippen LogP contribution in [0.1, 0.15) is 26.0 Å². The van der Waals surface area contributed by atoms with Crippen LogP contribution in [0.5, 0.6) is 5.75 Å². The molecule has 0 aliphatic heterocycles. The molecule has 78 valence electrons. The first-order valence-electron chi connectivity index (χ1n) is 4.91. The van der Waals surface area contributed by atoms with Crippen molar-refractivity contribution in [2.45, 2.75) is 26.9 Å². The molecule has 0 bridgehead atoms. The monoisotopic (exact) mass is 195 g/mol. The summed E-state index contributed by atoms with van der Waals surface area (Å²) in [6.07, 6.45) is 2.69. The van der Waals surface area contributed by atoms with Gasteiger partial charge in [-0.15, -0.1) is 0 Å². The van der Waals surface area contributed by atoms with Gasteiger partial charge in [-0.1, -0.05) is 13.8 Å². The molecule has 3 nitrogen and oxygen atoms in total. The third-order valence-electron chi connectivity index (χ3n) is 1.92. The van der Waals surface area contributed by atoms with E-state index in [2.05, 4.69) is 18.8 Å². The minimum absolute atomic E-state index is 0.0216. The Balaban J connectivity index is 2.36. The quantitative estimate of drug-likeness (QED) is 0.781. The van der Waals surface area contributed by atoms with Crippen molar-refractivity contribution in [3.63, 3.8) is 0 Å². The van der Waals surface area contributed by atoms with Gasteiger partial charge in [-0.3, -0.25) is 4.98 Å². The lowest BCUT2D eigenvalue weighted by Gasteiger charge is -2.07. The summed E-state index contributed by atoms with van der Waals surface area (Å²) in [5.74, 6) is 1.42. The Kier molecular flexibility index (Phi) is 4.40. The Labute approximate surface area is 84.7 Å². The van der Waals surface area contributed by atoms with Crippen molar-refractivity contribution >= 4 is 0 Å². The van der Waals surface area contributed by atoms with Crippen LogP contribution < -0.4 is 4.74 Å². The Morgan fingerprint density at radius 2 is 2.21 bits per heavy atom. The van der Waals surface area contributed by atoms with Gasteiger partial charge in [0.15, 0.2) is 0 Å². The number of aromatic nitrogens is 1. The normalized spacial score (nSPS) is 10.6. The van der Waals surface area contributed by atoms with Crippen molar-refractivity contribution < 1.29 is 9.84 Å². The van der Waals surface area contributed by atoms with E-state index in [9.17, 15) is 0 Å². The SMILES string of the molecule is CC(C)CCOc1ccc(CO)nc1. The number of ether oxygens (including phenoxy) is 1. The number of hydrogen-bond donors (Lipinski definition) is 1. The molecule has 0 unspecified atom stereocenters. The molecule has 0 atom stereocenters. The summed E-state index contributed by atoms with van der Waals surface area (Å²) in [4.78, 5) is 4.02. The number of hydrogen-bond acceptors (Lipinski definition) is 3. The molecule has 14 heavy (non-hydrogen) atoms. The van der Waals surface area contributed by atoms with Crippen molar-refractivity contribution in [2.24, 2.45) is 5.92 Å². The van der Waals surface area contributed by atoms with Crippen LogP contribution in [-0.4, -0.2) is 16.7 Å². The Hall–Kier alpha value is -1.09. The van der Waals surface area contributed by atoms with Gasteiger partial charge in [0.25, 0.3) is 0 Å². The van der Waals surface area contributed by atoms with Gasteiger partial charge in [-0.2, -0.15) is 0 Å². The predicted molar refractivity (Wildman–Crippen MR) is 55.1 cm³/mol. The van der Waals surface area contributed by atoms with Crippen LogP contribution >= 0.6 is 0 Å². The van der Waals surface area contributed by atoms with Crippen LogP contribution in [0.2, 0.25) is 0 Å². The van der Waals surface area contributed by atoms with E-state index in [0.717, 1.165) is 18.8 Å². The lowest BCUT2D eigenvalue weighted by Crippen LogP contribution is -2.01. The molecule has 0 saturated heterocycles. The Morgan fingerprint density at radius 3 is 2.71 bits per heavy atom. The number of aliphatic hydroxyl groups is 1. The summed E-state index contributed by atoms with van der Waals surface area (Å²) in [6.45, 7) is 5.02. The zero-order valence-corrected chi connectivity index (χ0v) is 8.73. The molecule has 0 saturated carbocycles. The summed E-state index contributed by atoms with van der Waals surface area (Å²) in [5, 5.41) is 8.77. The fraction of sp³-hybridized carbons (Fsp3) is 0.545. The zero-order chi connectivity index (χ0) is 10.4. The predicted octanol–water partition coefficient (Wildman–Crippen LogP) is 2.00. The van der Waals surface area contributed by atoms with Gasteiger partial charge >= 0.3 is 0 Å². The molecule has 1 rings (SSSR count). The average molecular weight is 195 g/mol. The van der Waals surface area contributed by atoms with Crippen molar-refractivity contribution in [3.8, 4) is 5.75 Å². The van der Waals surface area contributed by atoms with Crippen molar-refractivity contribution in [3.05, 3.63) is 24.0 Å². The lowest BCUT2D eigenvalue weighted by molar-refractivity contribution is 0.273. The summed E-state index contributed by atoms with van der Waals surface area (Å²) in [5.41, 5.74) is 0.668. The highest BCUT2D eigenvalue weighted by Gasteiger charge is 1.97. The van der Waals surface area contributed by atoms with Gasteiger partial charge < -0.3 is 9.84 Å². The molecule has 1 heterocycles. The molecule has 0 fully saturated rings. The molecular weight excluding hydrogens is 178 g/mol. The molecular formula is C11H17NO2. The van der Waals surface area contributed by atoms with E-state index < -0.39 is 0 Å². The van der Waals surface area contributed by atoms with E-state index in [1.807, 2.05) is 6.07 Å². The first-order chi connectivity index (χ1) is 6.72. The van der Waals surface area contributed by atoms with Crippen LogP contribution in [0.25, 0.3) is 0 Å². The third-order valence-corrected chi connectivity index (χ3v) is 1.92. The van der Waals surface area contributed by atoms with Gasteiger partial charge in [0.2, 0.25) is 0 Å². The maximum Gasteiger partial charge on any atom is 0.137 e. The molecule has 1 aromatic rings. The summed E-state index contributed by atoms with van der Waals surface area (Å²) in [7, 11) is 0. The largest absolute Gasteiger partial charge is 0.492 e. The van der Waals surface area contributed by atoms with E-state index in [4.69, 9.17) is 9.84 Å². The zero-order valence-electron chi connectivity index (χ0n) is 8.73. The maximum absolute atomic E-state index is 8.77. The minimum atomic E-state index is -0.0216. The van der Waals surface area contributed by atoms with E-state index in [0.29, 0.717) is 11.6 Å². The van der Waals surface area contributed by atoms with E-state index in [-0.39, 0.29) is 6.61 Å². The first-order valence-corrected chi connectivity index (χ1v) is 4.91. The second-order valence-corrected chi connectivity index (χ2v) is 3.67. The van der Waals surface area contributed by atoms with E-state index >= 15 is 0 Å². The lowest BCUT2D eigenvalue weighted by atomic mass is 10.1. The Bertz CT molecular complexity index is 256. The molecule has 0 amide bonds. The summed E-state index contributed by atoms with van der Waals surface area (Å²) < 4.78 is 5.47. The van der Waals surface area contributed by atoms with Gasteiger partial charge in [0.1, 0.15) is 5.75 Å². The molecule has 0 aliphatic rings. The molecule has 0 aromatic carbocycles. The number of rotatable bonds is 5. The highest BCUT2D eigenvalue weighted by molar-refractivity contribution is 5.19. The minimum Gasteiger partial charge on any atom is -0.492 e. The first kappa shape index (κ1) is 11.0. The van der Waals surface area contributed by atoms with Gasteiger partial charge in [0, 0.05) is 0 Å². The van der Waals surface area contributed by atoms with E-state index in [1.165, 1.54) is 0 Å². The number of pyridine rings is 1. The third kappa shape index (κ3) is 3.75. The topological polar surface area (TPSA) is 42.4 Å². The standard InChI is InChI=1S/C11H17NO2/c1-9(2)5-6-14-11-4-3-10(8-13)12-7-11/h3-4,7,9,13H,5-6,8H2,1-2H3. The Morgan fingerprint density at radius 1 is 1.43 bits per heavy atom. The van der Waals surface area contributed by atoms with Crippen LogP contribution in [0.15, 0.2) is 18.3 Å². The highest BCUT2D eigenvalue weighted by Crippen LogP contribution is 2.10. The van der Waals surface area contributed by atoms with Gasteiger partial charge in [0.05, 0.1) is 25.1 Å². The fourth-order valence-corrected chi connectivity index (χ4v) is 1.00. The molecule has 3 heteroatoms. The van der Waals surface area contributed by atoms with Crippen LogP contribution in [0, 0.1) is 5.92 Å². The van der Waals surface area contributed by atoms with Gasteiger partial charge in [-0.05, 0) is 24.5 Å². The van der Waals surface area contributed by atoms with Crippen molar-refractivity contribution in [2.75, 3.05) is 6.61 Å². The number of nitrogens with zero attached hydrogens (tertiary/aromatic N) is 1. The average Bonchev–Trinajstić information content (AvgIpc) is 2.18. The van der Waals surface area contributed by atoms with Crippen LogP contribution in [-0.2, 0) is 6.61 Å².